The Bertz CT molecular complexity index is 364. The van der Waals surface area contributed by atoms with Crippen LogP contribution in [0.1, 0.15) is 26.2 Å². The molecule has 0 saturated carbocycles. The van der Waals surface area contributed by atoms with Gasteiger partial charge in [0, 0.05) is 19.3 Å². The molecule has 1 fully saturated rings. The van der Waals surface area contributed by atoms with Gasteiger partial charge in [-0.3, -0.25) is 0 Å². The summed E-state index contributed by atoms with van der Waals surface area (Å²) >= 11 is 6.26. The van der Waals surface area contributed by atoms with Crippen LogP contribution in [0.3, 0.4) is 0 Å². The minimum atomic E-state index is 0.760. The van der Waals surface area contributed by atoms with Gasteiger partial charge in [-0.1, -0.05) is 18.5 Å². The topological polar surface area (TPSA) is 28.2 Å². The van der Waals surface area contributed by atoms with Gasteiger partial charge in [-0.05, 0) is 50.4 Å². The molecule has 4 heteroatoms. The van der Waals surface area contributed by atoms with Crippen LogP contribution >= 0.6 is 11.6 Å². The molecule has 100 valence electrons. The number of aromatic nitrogens is 1. The highest BCUT2D eigenvalue weighted by atomic mass is 35.5. The predicted molar refractivity (Wildman–Crippen MR) is 77.3 cm³/mol. The Kier molecular flexibility index (Phi) is 5.26. The molecule has 0 radical (unpaired) electrons. The van der Waals surface area contributed by atoms with Crippen molar-refractivity contribution < 1.29 is 0 Å². The lowest BCUT2D eigenvalue weighted by molar-refractivity contribution is 0.372. The SMILES string of the molecule is CCCN(CC1CCNCC1)c1ncccc1Cl. The molecule has 2 rings (SSSR count). The highest BCUT2D eigenvalue weighted by Gasteiger charge is 2.18. The third-order valence-electron chi connectivity index (χ3n) is 3.47. The van der Waals surface area contributed by atoms with Crippen LogP contribution in [0.2, 0.25) is 5.02 Å². The van der Waals surface area contributed by atoms with Crippen molar-refractivity contribution in [2.75, 3.05) is 31.1 Å². The van der Waals surface area contributed by atoms with Gasteiger partial charge in [-0.2, -0.15) is 0 Å². The molecule has 1 aliphatic rings. The van der Waals surface area contributed by atoms with Gasteiger partial charge in [0.25, 0.3) is 0 Å². The first-order valence-corrected chi connectivity index (χ1v) is 7.25. The van der Waals surface area contributed by atoms with Crippen molar-refractivity contribution in [3.05, 3.63) is 23.4 Å². The standard InChI is InChI=1S/C14H22ClN3/c1-2-10-18(11-12-5-8-16-9-6-12)14-13(15)4-3-7-17-14/h3-4,7,12,16H,2,5-6,8-11H2,1H3. The van der Waals surface area contributed by atoms with Crippen LogP contribution in [0, 0.1) is 5.92 Å². The quantitative estimate of drug-likeness (QED) is 0.889. The third kappa shape index (κ3) is 3.59. The van der Waals surface area contributed by atoms with E-state index in [1.165, 1.54) is 12.8 Å². The van der Waals surface area contributed by atoms with Crippen molar-refractivity contribution in [2.45, 2.75) is 26.2 Å². The van der Waals surface area contributed by atoms with Crippen molar-refractivity contribution in [1.82, 2.24) is 10.3 Å². The van der Waals surface area contributed by atoms with E-state index in [0.717, 1.165) is 49.4 Å². The highest BCUT2D eigenvalue weighted by Crippen LogP contribution is 2.25. The van der Waals surface area contributed by atoms with Crippen molar-refractivity contribution in [3.8, 4) is 0 Å². The molecule has 1 N–H and O–H groups in total. The Hall–Kier alpha value is -0.800. The number of hydrogen-bond donors (Lipinski definition) is 1. The van der Waals surface area contributed by atoms with Crippen LogP contribution in [0.25, 0.3) is 0 Å². The van der Waals surface area contributed by atoms with E-state index in [1.807, 2.05) is 18.3 Å². The number of nitrogens with one attached hydrogen (secondary N) is 1. The number of piperidine rings is 1. The normalized spacial score (nSPS) is 16.8. The van der Waals surface area contributed by atoms with E-state index in [-0.39, 0.29) is 0 Å². The monoisotopic (exact) mass is 267 g/mol. The Morgan fingerprint density at radius 1 is 1.44 bits per heavy atom. The minimum absolute atomic E-state index is 0.760. The van der Waals surface area contributed by atoms with Crippen LogP contribution < -0.4 is 10.2 Å². The Labute approximate surface area is 115 Å². The van der Waals surface area contributed by atoms with Crippen LogP contribution in [0.5, 0.6) is 0 Å². The molecule has 0 spiro atoms. The summed E-state index contributed by atoms with van der Waals surface area (Å²) in [5.41, 5.74) is 0. The number of halogens is 1. The van der Waals surface area contributed by atoms with Crippen LogP contribution in [0.4, 0.5) is 5.82 Å². The summed E-state index contributed by atoms with van der Waals surface area (Å²) in [7, 11) is 0. The lowest BCUT2D eigenvalue weighted by atomic mass is 9.97. The average Bonchev–Trinajstić information content (AvgIpc) is 2.40. The lowest BCUT2D eigenvalue weighted by Gasteiger charge is -2.31. The summed E-state index contributed by atoms with van der Waals surface area (Å²) in [6, 6.07) is 3.81. The molecular formula is C14H22ClN3. The van der Waals surface area contributed by atoms with Crippen molar-refractivity contribution in [3.63, 3.8) is 0 Å². The molecule has 0 amide bonds. The molecule has 1 aliphatic heterocycles. The van der Waals surface area contributed by atoms with Gasteiger partial charge < -0.3 is 10.2 Å². The summed E-state index contributed by atoms with van der Waals surface area (Å²) < 4.78 is 0. The van der Waals surface area contributed by atoms with Gasteiger partial charge in [0.2, 0.25) is 0 Å². The summed E-state index contributed by atoms with van der Waals surface area (Å²) in [6.45, 7) is 6.58. The fourth-order valence-electron chi connectivity index (χ4n) is 2.54. The zero-order valence-corrected chi connectivity index (χ0v) is 11.8. The number of rotatable bonds is 5. The van der Waals surface area contributed by atoms with Crippen LogP contribution in [-0.4, -0.2) is 31.2 Å². The molecule has 0 aromatic carbocycles. The van der Waals surface area contributed by atoms with Crippen molar-refractivity contribution in [2.24, 2.45) is 5.92 Å². The molecular weight excluding hydrogens is 246 g/mol. The fraction of sp³-hybridized carbons (Fsp3) is 0.643. The number of anilines is 1. The molecule has 0 atom stereocenters. The summed E-state index contributed by atoms with van der Waals surface area (Å²) in [5.74, 6) is 1.70. The lowest BCUT2D eigenvalue weighted by Crippen LogP contribution is -2.37. The summed E-state index contributed by atoms with van der Waals surface area (Å²) in [5, 5.41) is 4.17. The van der Waals surface area contributed by atoms with E-state index in [4.69, 9.17) is 11.6 Å². The largest absolute Gasteiger partial charge is 0.355 e. The van der Waals surface area contributed by atoms with E-state index in [9.17, 15) is 0 Å². The van der Waals surface area contributed by atoms with Gasteiger partial charge in [-0.15, -0.1) is 0 Å². The molecule has 0 aliphatic carbocycles. The number of pyridine rings is 1. The maximum atomic E-state index is 6.26. The van der Waals surface area contributed by atoms with Gasteiger partial charge in [0.05, 0.1) is 5.02 Å². The van der Waals surface area contributed by atoms with Crippen molar-refractivity contribution in [1.29, 1.82) is 0 Å². The molecule has 1 aromatic rings. The predicted octanol–water partition coefficient (Wildman–Crippen LogP) is 2.95. The van der Waals surface area contributed by atoms with E-state index >= 15 is 0 Å². The number of nitrogens with zero attached hydrogens (tertiary/aromatic N) is 2. The number of hydrogen-bond acceptors (Lipinski definition) is 3. The molecule has 0 unspecified atom stereocenters. The third-order valence-corrected chi connectivity index (χ3v) is 3.76. The molecule has 1 saturated heterocycles. The Morgan fingerprint density at radius 2 is 2.22 bits per heavy atom. The molecule has 0 bridgehead atoms. The van der Waals surface area contributed by atoms with Gasteiger partial charge in [-0.25, -0.2) is 4.98 Å². The Morgan fingerprint density at radius 3 is 2.89 bits per heavy atom. The fourth-order valence-corrected chi connectivity index (χ4v) is 2.78. The first-order valence-electron chi connectivity index (χ1n) is 6.87. The highest BCUT2D eigenvalue weighted by molar-refractivity contribution is 6.32. The van der Waals surface area contributed by atoms with Crippen LogP contribution in [-0.2, 0) is 0 Å². The zero-order chi connectivity index (χ0) is 12.8. The Balaban J connectivity index is 2.05. The second kappa shape index (κ2) is 6.95. The molecule has 3 nitrogen and oxygen atoms in total. The second-order valence-electron chi connectivity index (χ2n) is 4.95. The summed E-state index contributed by atoms with van der Waals surface area (Å²) in [6.07, 6.45) is 5.46. The molecule has 2 heterocycles. The van der Waals surface area contributed by atoms with Gasteiger partial charge in [0.1, 0.15) is 5.82 Å². The van der Waals surface area contributed by atoms with Gasteiger partial charge >= 0.3 is 0 Å². The smallest absolute Gasteiger partial charge is 0.147 e. The average molecular weight is 268 g/mol. The summed E-state index contributed by atoms with van der Waals surface area (Å²) in [4.78, 5) is 6.79. The first-order chi connectivity index (χ1) is 8.81. The van der Waals surface area contributed by atoms with E-state index < -0.39 is 0 Å². The van der Waals surface area contributed by atoms with E-state index in [1.54, 1.807) is 0 Å². The second-order valence-corrected chi connectivity index (χ2v) is 5.36. The van der Waals surface area contributed by atoms with Crippen molar-refractivity contribution >= 4 is 17.4 Å². The van der Waals surface area contributed by atoms with E-state index in [2.05, 4.69) is 22.1 Å². The maximum Gasteiger partial charge on any atom is 0.147 e. The van der Waals surface area contributed by atoms with Crippen LogP contribution in [0.15, 0.2) is 18.3 Å². The van der Waals surface area contributed by atoms with E-state index in [0.29, 0.717) is 0 Å². The molecule has 18 heavy (non-hydrogen) atoms. The molecule has 1 aromatic heterocycles. The first kappa shape index (κ1) is 13.6. The minimum Gasteiger partial charge on any atom is -0.355 e. The van der Waals surface area contributed by atoms with Gasteiger partial charge in [0.15, 0.2) is 0 Å². The maximum absolute atomic E-state index is 6.26. The zero-order valence-electron chi connectivity index (χ0n) is 11.0.